The van der Waals surface area contributed by atoms with Crippen molar-refractivity contribution < 1.29 is 9.53 Å². The van der Waals surface area contributed by atoms with Gasteiger partial charge in [0.2, 0.25) is 0 Å². The SMILES string of the molecule is CCCCCCCc1ccc(C)cc1.CCOC(C)=O. The molecule has 0 radical (unpaired) electrons. The van der Waals surface area contributed by atoms with Gasteiger partial charge in [0.25, 0.3) is 0 Å². The summed E-state index contributed by atoms with van der Waals surface area (Å²) in [6.07, 6.45) is 8.13. The third-order valence-electron chi connectivity index (χ3n) is 3.04. The lowest BCUT2D eigenvalue weighted by Crippen LogP contribution is -1.95. The van der Waals surface area contributed by atoms with E-state index in [9.17, 15) is 4.79 Å². The van der Waals surface area contributed by atoms with E-state index < -0.39 is 0 Å². The van der Waals surface area contributed by atoms with Crippen LogP contribution in [0.15, 0.2) is 24.3 Å². The Morgan fingerprint density at radius 3 is 2.05 bits per heavy atom. The Balaban J connectivity index is 0.000000511. The van der Waals surface area contributed by atoms with Crippen LogP contribution in [0, 0.1) is 6.92 Å². The molecule has 1 aromatic rings. The summed E-state index contributed by atoms with van der Waals surface area (Å²) in [7, 11) is 0. The Bertz CT molecular complexity index is 341. The standard InChI is InChI=1S/C14H22.C4H8O2/c1-3-4-5-6-7-8-14-11-9-13(2)10-12-14;1-3-6-4(2)5/h9-12H,3-8H2,1-2H3;3H2,1-2H3. The number of rotatable bonds is 7. The molecule has 20 heavy (non-hydrogen) atoms. The zero-order valence-electron chi connectivity index (χ0n) is 13.6. The molecule has 2 nitrogen and oxygen atoms in total. The smallest absolute Gasteiger partial charge is 0.302 e. The molecule has 0 spiro atoms. The molecule has 0 N–H and O–H groups in total. The fraction of sp³-hybridized carbons (Fsp3) is 0.611. The molecule has 0 aliphatic carbocycles. The molecule has 114 valence electrons. The van der Waals surface area contributed by atoms with Gasteiger partial charge in [-0.05, 0) is 32.3 Å². The summed E-state index contributed by atoms with van der Waals surface area (Å²) >= 11 is 0. The first-order chi connectivity index (χ1) is 9.60. The van der Waals surface area contributed by atoms with Crippen LogP contribution in [0.2, 0.25) is 0 Å². The second-order valence-electron chi connectivity index (χ2n) is 5.07. The number of carbonyl (C=O) groups is 1. The number of ether oxygens (including phenoxy) is 1. The van der Waals surface area contributed by atoms with Gasteiger partial charge in [-0.3, -0.25) is 4.79 Å². The molecule has 0 saturated carbocycles. The number of benzene rings is 1. The molecule has 0 aromatic heterocycles. The highest BCUT2D eigenvalue weighted by Crippen LogP contribution is 2.09. The van der Waals surface area contributed by atoms with E-state index in [0.717, 1.165) is 0 Å². The normalized spacial score (nSPS) is 9.60. The van der Waals surface area contributed by atoms with Crippen molar-refractivity contribution in [2.24, 2.45) is 0 Å². The summed E-state index contributed by atoms with van der Waals surface area (Å²) in [4.78, 5) is 9.82. The molecule has 0 aliphatic rings. The molecule has 0 fully saturated rings. The third-order valence-corrected chi connectivity index (χ3v) is 3.04. The van der Waals surface area contributed by atoms with E-state index in [1.54, 1.807) is 6.92 Å². The first-order valence-corrected chi connectivity index (χ1v) is 7.79. The van der Waals surface area contributed by atoms with Crippen LogP contribution in [0.4, 0.5) is 0 Å². The van der Waals surface area contributed by atoms with Crippen molar-refractivity contribution in [2.45, 2.75) is 66.2 Å². The van der Waals surface area contributed by atoms with Crippen molar-refractivity contribution in [3.8, 4) is 0 Å². The second-order valence-corrected chi connectivity index (χ2v) is 5.07. The highest BCUT2D eigenvalue weighted by molar-refractivity contribution is 5.65. The van der Waals surface area contributed by atoms with E-state index in [1.165, 1.54) is 56.6 Å². The molecule has 0 bridgehead atoms. The van der Waals surface area contributed by atoms with Crippen LogP contribution in [-0.2, 0) is 16.0 Å². The molecular formula is C18H30O2. The number of hydrogen-bond acceptors (Lipinski definition) is 2. The summed E-state index contributed by atoms with van der Waals surface area (Å²) in [6, 6.07) is 8.94. The van der Waals surface area contributed by atoms with E-state index in [0.29, 0.717) is 6.61 Å². The Morgan fingerprint density at radius 2 is 1.60 bits per heavy atom. The highest BCUT2D eigenvalue weighted by atomic mass is 16.5. The minimum Gasteiger partial charge on any atom is -0.466 e. The minimum absolute atomic E-state index is 0.211. The first kappa shape index (κ1) is 18.7. The van der Waals surface area contributed by atoms with Crippen LogP contribution in [0.1, 0.15) is 64.0 Å². The van der Waals surface area contributed by atoms with Crippen molar-refractivity contribution in [2.75, 3.05) is 6.61 Å². The van der Waals surface area contributed by atoms with Gasteiger partial charge in [-0.2, -0.15) is 0 Å². The topological polar surface area (TPSA) is 26.3 Å². The van der Waals surface area contributed by atoms with Gasteiger partial charge < -0.3 is 4.74 Å². The fourth-order valence-corrected chi connectivity index (χ4v) is 1.89. The molecule has 0 heterocycles. The lowest BCUT2D eigenvalue weighted by atomic mass is 10.0. The summed E-state index contributed by atoms with van der Waals surface area (Å²) in [5.74, 6) is -0.211. The minimum atomic E-state index is -0.211. The van der Waals surface area contributed by atoms with Gasteiger partial charge in [-0.1, -0.05) is 62.4 Å². The lowest BCUT2D eigenvalue weighted by Gasteiger charge is -2.01. The van der Waals surface area contributed by atoms with Gasteiger partial charge in [0, 0.05) is 6.92 Å². The Kier molecular flexibility index (Phi) is 11.9. The van der Waals surface area contributed by atoms with Gasteiger partial charge in [-0.15, -0.1) is 0 Å². The van der Waals surface area contributed by atoms with Crippen LogP contribution >= 0.6 is 0 Å². The van der Waals surface area contributed by atoms with Crippen LogP contribution in [-0.4, -0.2) is 12.6 Å². The molecule has 0 saturated heterocycles. The van der Waals surface area contributed by atoms with Gasteiger partial charge >= 0.3 is 5.97 Å². The van der Waals surface area contributed by atoms with Crippen LogP contribution < -0.4 is 0 Å². The maximum Gasteiger partial charge on any atom is 0.302 e. The molecule has 1 rings (SSSR count). The van der Waals surface area contributed by atoms with Crippen molar-refractivity contribution in [3.05, 3.63) is 35.4 Å². The molecule has 2 heteroatoms. The van der Waals surface area contributed by atoms with Gasteiger partial charge in [0.1, 0.15) is 0 Å². The molecule has 1 aromatic carbocycles. The zero-order chi connectivity index (χ0) is 15.2. The second kappa shape index (κ2) is 12.7. The number of carbonyl (C=O) groups excluding carboxylic acids is 1. The summed E-state index contributed by atoms with van der Waals surface area (Å²) in [5.41, 5.74) is 2.85. The fourth-order valence-electron chi connectivity index (χ4n) is 1.89. The Labute approximate surface area is 124 Å². The van der Waals surface area contributed by atoms with E-state index in [4.69, 9.17) is 0 Å². The third kappa shape index (κ3) is 11.8. The van der Waals surface area contributed by atoms with E-state index in [2.05, 4.69) is 42.8 Å². The van der Waals surface area contributed by atoms with Crippen molar-refractivity contribution in [1.82, 2.24) is 0 Å². The Morgan fingerprint density at radius 1 is 1.00 bits per heavy atom. The maximum atomic E-state index is 9.82. The molecule has 0 amide bonds. The van der Waals surface area contributed by atoms with Crippen molar-refractivity contribution >= 4 is 5.97 Å². The number of hydrogen-bond donors (Lipinski definition) is 0. The van der Waals surface area contributed by atoms with E-state index in [-0.39, 0.29) is 5.97 Å². The summed E-state index contributed by atoms with van der Waals surface area (Å²) in [6.45, 7) is 8.06. The lowest BCUT2D eigenvalue weighted by molar-refractivity contribution is -0.140. The van der Waals surface area contributed by atoms with E-state index >= 15 is 0 Å². The largest absolute Gasteiger partial charge is 0.466 e. The maximum absolute atomic E-state index is 9.82. The monoisotopic (exact) mass is 278 g/mol. The van der Waals surface area contributed by atoms with Crippen LogP contribution in [0.25, 0.3) is 0 Å². The number of aryl methyl sites for hydroxylation is 2. The predicted molar refractivity (Wildman–Crippen MR) is 85.9 cm³/mol. The van der Waals surface area contributed by atoms with Crippen molar-refractivity contribution in [3.63, 3.8) is 0 Å². The first-order valence-electron chi connectivity index (χ1n) is 7.79. The summed E-state index contributed by atoms with van der Waals surface area (Å²) < 4.78 is 4.40. The molecular weight excluding hydrogens is 248 g/mol. The van der Waals surface area contributed by atoms with Crippen LogP contribution in [0.3, 0.4) is 0 Å². The quantitative estimate of drug-likeness (QED) is 0.513. The molecule has 0 atom stereocenters. The zero-order valence-corrected chi connectivity index (χ0v) is 13.6. The number of unbranched alkanes of at least 4 members (excludes halogenated alkanes) is 4. The molecule has 0 aliphatic heterocycles. The van der Waals surface area contributed by atoms with E-state index in [1.807, 2.05) is 0 Å². The highest BCUT2D eigenvalue weighted by Gasteiger charge is 1.93. The van der Waals surface area contributed by atoms with Gasteiger partial charge in [0.05, 0.1) is 6.61 Å². The van der Waals surface area contributed by atoms with Gasteiger partial charge in [0.15, 0.2) is 0 Å². The predicted octanol–water partition coefficient (Wildman–Crippen LogP) is 5.08. The average molecular weight is 278 g/mol. The molecule has 0 unspecified atom stereocenters. The number of esters is 1. The van der Waals surface area contributed by atoms with Crippen molar-refractivity contribution in [1.29, 1.82) is 0 Å². The Hall–Kier alpha value is -1.31. The van der Waals surface area contributed by atoms with Gasteiger partial charge in [-0.25, -0.2) is 0 Å². The van der Waals surface area contributed by atoms with Crippen LogP contribution in [0.5, 0.6) is 0 Å². The summed E-state index contributed by atoms with van der Waals surface area (Å²) in [5, 5.41) is 0. The average Bonchev–Trinajstić information content (AvgIpc) is 2.41.